The first kappa shape index (κ1) is 34.8. The highest BCUT2D eigenvalue weighted by molar-refractivity contribution is 5.79. The number of rotatable bonds is 12. The minimum Gasteiger partial charge on any atom is -0.310 e. The summed E-state index contributed by atoms with van der Waals surface area (Å²) in [6.07, 6.45) is 26.4. The lowest BCUT2D eigenvalue weighted by atomic mass is 9.86. The zero-order chi connectivity index (χ0) is 36.4. The van der Waals surface area contributed by atoms with Crippen LogP contribution in [-0.4, -0.2) is 0 Å². The van der Waals surface area contributed by atoms with Gasteiger partial charge in [0, 0.05) is 34.4 Å². The fourth-order valence-corrected chi connectivity index (χ4v) is 6.99. The topological polar surface area (TPSA) is 6.48 Å². The molecule has 0 fully saturated rings. The van der Waals surface area contributed by atoms with Crippen molar-refractivity contribution in [1.82, 2.24) is 0 Å². The van der Waals surface area contributed by atoms with E-state index in [0.717, 1.165) is 46.0 Å². The van der Waals surface area contributed by atoms with Gasteiger partial charge in [-0.15, -0.1) is 0 Å². The van der Waals surface area contributed by atoms with Gasteiger partial charge in [0.25, 0.3) is 0 Å². The molecule has 258 valence electrons. The normalized spacial score (nSPS) is 15.2. The number of allylic oxidation sites excluding steroid dienone is 13. The van der Waals surface area contributed by atoms with Crippen LogP contribution in [0.1, 0.15) is 13.3 Å². The lowest BCUT2D eigenvalue weighted by molar-refractivity contribution is 0.763. The quantitative estimate of drug-likeness (QED) is 0.121. The Kier molecular flexibility index (Phi) is 10.9. The summed E-state index contributed by atoms with van der Waals surface area (Å²) >= 11 is 0. The van der Waals surface area contributed by atoms with Crippen LogP contribution >= 0.6 is 0 Å². The minimum absolute atomic E-state index is 0.402. The van der Waals surface area contributed by atoms with E-state index in [4.69, 9.17) is 0 Å². The SMILES string of the molecule is C=C/C=C(\C(=C)/C=C\C=C/C)N(c1ccccc1)c1ccc(-c2cccc(-c3ccc(N(C4=C5C=CC=CC5CC=C4)c4ccccc4)cc3)c2)cc1. The van der Waals surface area contributed by atoms with Crippen molar-refractivity contribution in [3.63, 3.8) is 0 Å². The number of benzene rings is 5. The molecule has 2 aliphatic rings. The Bertz CT molecular complexity index is 2280. The smallest absolute Gasteiger partial charge is 0.0527 e. The maximum absolute atomic E-state index is 4.40. The van der Waals surface area contributed by atoms with Crippen molar-refractivity contribution in [2.45, 2.75) is 13.3 Å². The number of hydrogen-bond donors (Lipinski definition) is 0. The molecule has 0 radical (unpaired) electrons. The second-order valence-electron chi connectivity index (χ2n) is 13.0. The first-order valence-corrected chi connectivity index (χ1v) is 18.2. The van der Waals surface area contributed by atoms with E-state index in [1.165, 1.54) is 28.0 Å². The molecule has 0 bridgehead atoms. The van der Waals surface area contributed by atoms with Gasteiger partial charge >= 0.3 is 0 Å². The standard InChI is InChI=1S/C51H44N2/c1-4-6-9-19-39(3)50(18-5-2)52(45-24-10-7-11-25-45)47-34-30-40(31-35-47)43-22-16-23-44(38-43)41-32-36-48(37-33-41)53(46-26-12-8-13-27-46)51-29-17-21-42-20-14-15-28-49(42)51/h4-20,22-38,42H,2-3,21H2,1H3/b6-4-,19-9-,50-18+. The van der Waals surface area contributed by atoms with E-state index in [0.29, 0.717) is 5.92 Å². The Hall–Kier alpha value is -6.64. The third-order valence-electron chi connectivity index (χ3n) is 9.59. The van der Waals surface area contributed by atoms with Gasteiger partial charge in [0.2, 0.25) is 0 Å². The highest BCUT2D eigenvalue weighted by atomic mass is 15.2. The Morgan fingerprint density at radius 1 is 0.642 bits per heavy atom. The van der Waals surface area contributed by atoms with Gasteiger partial charge < -0.3 is 9.80 Å². The molecule has 2 heteroatoms. The Labute approximate surface area is 315 Å². The van der Waals surface area contributed by atoms with Crippen LogP contribution in [-0.2, 0) is 0 Å². The van der Waals surface area contributed by atoms with Crippen LogP contribution in [0.2, 0.25) is 0 Å². The predicted octanol–water partition coefficient (Wildman–Crippen LogP) is 14.0. The second kappa shape index (κ2) is 16.6. The van der Waals surface area contributed by atoms with E-state index in [2.05, 4.69) is 187 Å². The first-order chi connectivity index (χ1) is 26.1. The summed E-state index contributed by atoms with van der Waals surface area (Å²) in [5.74, 6) is 0.402. The third kappa shape index (κ3) is 7.83. The van der Waals surface area contributed by atoms with Crippen molar-refractivity contribution >= 4 is 22.7 Å². The third-order valence-corrected chi connectivity index (χ3v) is 9.59. The van der Waals surface area contributed by atoms with Crippen molar-refractivity contribution < 1.29 is 0 Å². The van der Waals surface area contributed by atoms with E-state index in [9.17, 15) is 0 Å². The molecule has 1 unspecified atom stereocenters. The van der Waals surface area contributed by atoms with Crippen LogP contribution < -0.4 is 9.80 Å². The fourth-order valence-electron chi connectivity index (χ4n) is 6.99. The van der Waals surface area contributed by atoms with Gasteiger partial charge in [-0.05, 0) is 113 Å². The van der Waals surface area contributed by atoms with Gasteiger partial charge in [-0.1, -0.05) is 153 Å². The van der Waals surface area contributed by atoms with Crippen LogP contribution in [0.3, 0.4) is 0 Å². The van der Waals surface area contributed by atoms with Crippen molar-refractivity contribution in [2.75, 3.05) is 9.80 Å². The highest BCUT2D eigenvalue weighted by Gasteiger charge is 2.23. The number of para-hydroxylation sites is 2. The van der Waals surface area contributed by atoms with Crippen molar-refractivity contribution in [3.05, 3.63) is 242 Å². The van der Waals surface area contributed by atoms with Crippen LogP contribution in [0.15, 0.2) is 242 Å². The van der Waals surface area contributed by atoms with Crippen LogP contribution in [0.5, 0.6) is 0 Å². The summed E-state index contributed by atoms with van der Waals surface area (Å²) in [4.78, 5) is 4.61. The molecule has 1 atom stereocenters. The second-order valence-corrected chi connectivity index (χ2v) is 13.0. The molecule has 0 spiro atoms. The monoisotopic (exact) mass is 684 g/mol. The van der Waals surface area contributed by atoms with Gasteiger partial charge in [-0.2, -0.15) is 0 Å². The molecular weight excluding hydrogens is 641 g/mol. The molecule has 0 aromatic heterocycles. The Balaban J connectivity index is 1.18. The van der Waals surface area contributed by atoms with E-state index in [1.54, 1.807) is 0 Å². The van der Waals surface area contributed by atoms with Gasteiger partial charge in [0.05, 0.1) is 5.70 Å². The molecule has 5 aromatic carbocycles. The summed E-state index contributed by atoms with van der Waals surface area (Å²) in [5.41, 5.74) is 13.5. The number of fused-ring (bicyclic) bond motifs is 1. The Morgan fingerprint density at radius 3 is 1.89 bits per heavy atom. The molecule has 0 aliphatic heterocycles. The van der Waals surface area contributed by atoms with E-state index >= 15 is 0 Å². The summed E-state index contributed by atoms with van der Waals surface area (Å²) < 4.78 is 0. The molecule has 5 aromatic rings. The summed E-state index contributed by atoms with van der Waals surface area (Å²) in [5, 5.41) is 0. The minimum atomic E-state index is 0.402. The zero-order valence-corrected chi connectivity index (χ0v) is 30.2. The molecule has 0 N–H and O–H groups in total. The average molecular weight is 685 g/mol. The summed E-state index contributed by atoms with van der Waals surface area (Å²) in [7, 11) is 0. The first-order valence-electron chi connectivity index (χ1n) is 18.2. The van der Waals surface area contributed by atoms with E-state index < -0.39 is 0 Å². The van der Waals surface area contributed by atoms with E-state index in [1.807, 2.05) is 49.4 Å². The highest BCUT2D eigenvalue weighted by Crippen LogP contribution is 2.40. The zero-order valence-electron chi connectivity index (χ0n) is 30.2. The number of hydrogen-bond acceptors (Lipinski definition) is 2. The number of anilines is 4. The van der Waals surface area contributed by atoms with Gasteiger partial charge in [-0.25, -0.2) is 0 Å². The average Bonchev–Trinajstić information content (AvgIpc) is 3.22. The van der Waals surface area contributed by atoms with Gasteiger partial charge in [-0.3, -0.25) is 0 Å². The Morgan fingerprint density at radius 2 is 1.25 bits per heavy atom. The molecule has 53 heavy (non-hydrogen) atoms. The molecule has 2 aliphatic carbocycles. The summed E-state index contributed by atoms with van der Waals surface area (Å²) in [6, 6.07) is 47.6. The molecule has 0 saturated heterocycles. The van der Waals surface area contributed by atoms with Gasteiger partial charge in [0.15, 0.2) is 0 Å². The van der Waals surface area contributed by atoms with Crippen molar-refractivity contribution in [2.24, 2.45) is 5.92 Å². The molecule has 2 nitrogen and oxygen atoms in total. The largest absolute Gasteiger partial charge is 0.310 e. The van der Waals surface area contributed by atoms with Crippen molar-refractivity contribution in [1.29, 1.82) is 0 Å². The maximum Gasteiger partial charge on any atom is 0.0527 e. The lowest BCUT2D eigenvalue weighted by Gasteiger charge is -2.32. The molecule has 0 saturated carbocycles. The molecular formula is C51H44N2. The van der Waals surface area contributed by atoms with Crippen LogP contribution in [0.4, 0.5) is 22.7 Å². The summed E-state index contributed by atoms with van der Waals surface area (Å²) in [6.45, 7) is 10.4. The molecule has 7 rings (SSSR count). The molecule has 0 heterocycles. The van der Waals surface area contributed by atoms with Gasteiger partial charge in [0.1, 0.15) is 0 Å². The maximum atomic E-state index is 4.40. The predicted molar refractivity (Wildman–Crippen MR) is 228 cm³/mol. The van der Waals surface area contributed by atoms with E-state index in [-0.39, 0.29) is 0 Å². The van der Waals surface area contributed by atoms with Crippen LogP contribution in [0, 0.1) is 5.92 Å². The fraction of sp³-hybridized carbons (Fsp3) is 0.0588. The molecule has 0 amide bonds. The lowest BCUT2D eigenvalue weighted by Crippen LogP contribution is -2.21. The van der Waals surface area contributed by atoms with Crippen molar-refractivity contribution in [3.8, 4) is 22.3 Å². The number of nitrogens with zero attached hydrogens (tertiary/aromatic N) is 2. The van der Waals surface area contributed by atoms with Crippen LogP contribution in [0.25, 0.3) is 22.3 Å².